The van der Waals surface area contributed by atoms with Crippen molar-refractivity contribution in [3.8, 4) is 5.75 Å². The first-order valence-electron chi connectivity index (χ1n) is 13.7. The van der Waals surface area contributed by atoms with Crippen molar-refractivity contribution in [3.63, 3.8) is 0 Å². The summed E-state index contributed by atoms with van der Waals surface area (Å²) >= 11 is 6.43. The average Bonchev–Trinajstić information content (AvgIpc) is 3.69. The lowest BCUT2D eigenvalue weighted by Crippen LogP contribution is -2.38. The summed E-state index contributed by atoms with van der Waals surface area (Å²) in [5, 5.41) is 15.2. The summed E-state index contributed by atoms with van der Waals surface area (Å²) in [5.41, 5.74) is 2.93. The molecule has 0 aliphatic carbocycles. The number of rotatable bonds is 9. The lowest BCUT2D eigenvalue weighted by molar-refractivity contribution is -0.384. The molecule has 0 radical (unpaired) electrons. The van der Waals surface area contributed by atoms with Gasteiger partial charge in [-0.1, -0.05) is 0 Å². The van der Waals surface area contributed by atoms with E-state index in [1.54, 1.807) is 32.2 Å². The molecule has 226 valence electrons. The van der Waals surface area contributed by atoms with E-state index in [9.17, 15) is 24.5 Å². The fraction of sp³-hybridized carbons (Fsp3) is 0.345. The van der Waals surface area contributed by atoms with Crippen LogP contribution < -0.4 is 15.0 Å². The van der Waals surface area contributed by atoms with Crippen LogP contribution in [0.25, 0.3) is 21.8 Å². The van der Waals surface area contributed by atoms with Crippen LogP contribution in [-0.4, -0.2) is 84.0 Å². The molecule has 14 heteroatoms. The number of esters is 1. The van der Waals surface area contributed by atoms with Crippen LogP contribution in [0.2, 0.25) is 0 Å². The minimum atomic E-state index is -0.590. The van der Waals surface area contributed by atoms with Gasteiger partial charge in [0.1, 0.15) is 5.69 Å². The van der Waals surface area contributed by atoms with Crippen LogP contribution in [0.4, 0.5) is 16.2 Å². The number of nitro groups is 1. The van der Waals surface area contributed by atoms with Crippen LogP contribution in [0.15, 0.2) is 30.3 Å². The highest BCUT2D eigenvalue weighted by Crippen LogP contribution is 2.48. The maximum atomic E-state index is 14.0. The Morgan fingerprint density at radius 2 is 2.00 bits per heavy atom. The molecule has 43 heavy (non-hydrogen) atoms. The highest BCUT2D eigenvalue weighted by atomic mass is 35.5. The number of hydrogen-bond donors (Lipinski definition) is 3. The zero-order valence-electron chi connectivity index (χ0n) is 24.1. The number of aromatic amines is 2. The van der Waals surface area contributed by atoms with Gasteiger partial charge in [-0.05, 0) is 38.6 Å². The normalized spacial score (nSPS) is 14.3. The van der Waals surface area contributed by atoms with Crippen molar-refractivity contribution in [1.29, 1.82) is 0 Å². The number of nitrogens with zero attached hydrogens (tertiary/aromatic N) is 3. The molecule has 2 aromatic carbocycles. The summed E-state index contributed by atoms with van der Waals surface area (Å²) in [6.45, 7) is 5.12. The number of methoxy groups -OCH3 is 1. The molecule has 0 saturated heterocycles. The number of non-ortho nitro benzene ring substituents is 1. The predicted octanol–water partition coefficient (Wildman–Crippen LogP) is 4.68. The molecule has 1 aliphatic rings. The van der Waals surface area contributed by atoms with E-state index < -0.39 is 22.9 Å². The Bertz CT molecular complexity index is 1760. The first kappa shape index (κ1) is 29.9. The van der Waals surface area contributed by atoms with E-state index in [-0.39, 0.29) is 41.0 Å². The number of alkyl halides is 1. The number of ether oxygens (including phenoxy) is 2. The van der Waals surface area contributed by atoms with Gasteiger partial charge in [0.2, 0.25) is 0 Å². The number of aryl methyl sites for hydroxylation is 1. The molecule has 0 unspecified atom stereocenters. The Labute approximate surface area is 251 Å². The minimum Gasteiger partial charge on any atom is -0.465 e. The zero-order valence-corrected chi connectivity index (χ0v) is 24.8. The summed E-state index contributed by atoms with van der Waals surface area (Å²) in [5.74, 6) is -1.09. The van der Waals surface area contributed by atoms with Crippen LogP contribution >= 0.6 is 11.6 Å². The van der Waals surface area contributed by atoms with E-state index in [0.29, 0.717) is 58.4 Å². The van der Waals surface area contributed by atoms with Gasteiger partial charge < -0.3 is 34.6 Å². The molecule has 0 fully saturated rings. The third kappa shape index (κ3) is 5.25. The third-order valence-corrected chi connectivity index (χ3v) is 8.06. The number of fused-ring (bicyclic) bond motifs is 4. The second-order valence-electron chi connectivity index (χ2n) is 10.2. The highest BCUT2D eigenvalue weighted by Gasteiger charge is 2.38. The minimum absolute atomic E-state index is 0.0953. The summed E-state index contributed by atoms with van der Waals surface area (Å²) in [7, 11) is 3.06. The SMILES string of the molecule is CCN(CCNC)C(=O)Oc1cc2c(c3c(C(=O)OC)c(C)[nH]c13)[C@H](CCl)CN2C(=O)c1cc2cc([N+](=O)[O-])ccc2[nH]1. The molecule has 4 aromatic rings. The molecule has 0 bridgehead atoms. The number of carbonyl (C=O) groups is 3. The van der Waals surface area contributed by atoms with E-state index in [1.165, 1.54) is 29.0 Å². The van der Waals surface area contributed by atoms with Crippen LogP contribution in [0.1, 0.15) is 44.9 Å². The van der Waals surface area contributed by atoms with Gasteiger partial charge in [-0.25, -0.2) is 9.59 Å². The van der Waals surface area contributed by atoms with Crippen molar-refractivity contribution in [3.05, 3.63) is 63.0 Å². The van der Waals surface area contributed by atoms with Gasteiger partial charge >= 0.3 is 12.1 Å². The number of aromatic nitrogens is 2. The Balaban J connectivity index is 1.66. The van der Waals surface area contributed by atoms with E-state index in [0.717, 1.165) is 0 Å². The summed E-state index contributed by atoms with van der Waals surface area (Å²) in [6.07, 6.45) is -0.590. The fourth-order valence-corrected chi connectivity index (χ4v) is 5.81. The molecular weight excluding hydrogens is 580 g/mol. The standard InChI is InChI=1S/C29H31ClN6O7/c1-5-34(9-8-31-3)29(39)43-22-12-21-24(25-23(28(38)42-4)15(2)32-26(22)25)17(13-30)14-35(21)27(37)20-11-16-10-18(36(40)41)6-7-19(16)33-20/h6-7,10-12,17,31-33H,5,8-9,13-14H2,1-4H3/t17-/m1/s1. The predicted molar refractivity (Wildman–Crippen MR) is 162 cm³/mol. The van der Waals surface area contributed by atoms with Gasteiger partial charge in [-0.2, -0.15) is 0 Å². The van der Waals surface area contributed by atoms with Gasteiger partial charge in [0, 0.05) is 78.2 Å². The molecule has 3 heterocycles. The molecule has 0 saturated carbocycles. The molecule has 13 nitrogen and oxygen atoms in total. The molecule has 3 N–H and O–H groups in total. The van der Waals surface area contributed by atoms with Gasteiger partial charge in [0.15, 0.2) is 5.75 Å². The van der Waals surface area contributed by atoms with E-state index in [2.05, 4.69) is 15.3 Å². The number of nitro benzene ring substituents is 1. The molecular formula is C29H31ClN6O7. The first-order chi connectivity index (χ1) is 20.6. The number of H-pyrrole nitrogens is 2. The number of carbonyl (C=O) groups excluding carboxylic acids is 3. The Morgan fingerprint density at radius 1 is 1.23 bits per heavy atom. The third-order valence-electron chi connectivity index (χ3n) is 7.68. The van der Waals surface area contributed by atoms with Crippen molar-refractivity contribution < 1.29 is 28.8 Å². The van der Waals surface area contributed by atoms with Crippen LogP contribution in [0, 0.1) is 17.0 Å². The molecule has 1 atom stereocenters. The molecule has 0 spiro atoms. The van der Waals surface area contributed by atoms with Crippen LogP contribution in [-0.2, 0) is 4.74 Å². The number of likely N-dealkylation sites (N-methyl/N-ethyl adjacent to an activating group) is 2. The van der Waals surface area contributed by atoms with Crippen molar-refractivity contribution in [2.24, 2.45) is 0 Å². The fourth-order valence-electron chi connectivity index (χ4n) is 5.56. The first-order valence-corrected chi connectivity index (χ1v) is 14.2. The number of hydrogen-bond acceptors (Lipinski definition) is 8. The number of nitrogens with one attached hydrogen (secondary N) is 3. The Hall–Kier alpha value is -4.62. The average molecular weight is 611 g/mol. The molecule has 2 amide bonds. The zero-order chi connectivity index (χ0) is 31.0. The van der Waals surface area contributed by atoms with Crippen LogP contribution in [0.5, 0.6) is 5.75 Å². The lowest BCUT2D eigenvalue weighted by Gasteiger charge is -2.21. The Kier molecular flexibility index (Phi) is 8.29. The number of halogens is 1. The summed E-state index contributed by atoms with van der Waals surface area (Å²) in [6, 6.07) is 7.46. The summed E-state index contributed by atoms with van der Waals surface area (Å²) < 4.78 is 11.0. The number of amides is 2. The number of anilines is 1. The monoisotopic (exact) mass is 610 g/mol. The van der Waals surface area contributed by atoms with Gasteiger partial charge in [0.05, 0.1) is 28.8 Å². The van der Waals surface area contributed by atoms with Gasteiger partial charge in [-0.15, -0.1) is 11.6 Å². The molecule has 1 aliphatic heterocycles. The quantitative estimate of drug-likeness (QED) is 0.106. The smallest absolute Gasteiger partial charge is 0.415 e. The van der Waals surface area contributed by atoms with E-state index in [1.807, 2.05) is 6.92 Å². The highest BCUT2D eigenvalue weighted by molar-refractivity contribution is 6.20. The van der Waals surface area contributed by atoms with Gasteiger partial charge in [0.25, 0.3) is 11.6 Å². The topological polar surface area (TPSA) is 163 Å². The van der Waals surface area contributed by atoms with Crippen LogP contribution in [0.3, 0.4) is 0 Å². The van der Waals surface area contributed by atoms with Crippen molar-refractivity contribution in [2.75, 3.05) is 51.1 Å². The second kappa shape index (κ2) is 11.9. The number of benzene rings is 2. The molecule has 2 aromatic heterocycles. The maximum Gasteiger partial charge on any atom is 0.415 e. The van der Waals surface area contributed by atoms with E-state index >= 15 is 0 Å². The van der Waals surface area contributed by atoms with Gasteiger partial charge in [-0.3, -0.25) is 14.9 Å². The van der Waals surface area contributed by atoms with E-state index in [4.69, 9.17) is 21.1 Å². The Morgan fingerprint density at radius 3 is 2.65 bits per heavy atom. The maximum absolute atomic E-state index is 14.0. The van der Waals surface area contributed by atoms with Crippen molar-refractivity contribution in [1.82, 2.24) is 20.2 Å². The van der Waals surface area contributed by atoms with Crippen molar-refractivity contribution >= 4 is 62.8 Å². The summed E-state index contributed by atoms with van der Waals surface area (Å²) in [4.78, 5) is 60.2. The largest absolute Gasteiger partial charge is 0.465 e. The van der Waals surface area contributed by atoms with Crippen molar-refractivity contribution in [2.45, 2.75) is 19.8 Å². The second-order valence-corrected chi connectivity index (χ2v) is 10.5. The molecule has 5 rings (SSSR count). The lowest BCUT2D eigenvalue weighted by atomic mass is 9.95.